The van der Waals surface area contributed by atoms with Crippen LogP contribution in [0, 0.1) is 0 Å². The van der Waals surface area contributed by atoms with E-state index in [0.717, 1.165) is 33.2 Å². The molecule has 0 amide bonds. The van der Waals surface area contributed by atoms with Crippen LogP contribution in [0.25, 0.3) is 44.3 Å². The highest BCUT2D eigenvalue weighted by Gasteiger charge is 2.06. The molecule has 1 heterocycles. The normalized spacial score (nSPS) is 11.1. The number of nitrogens with zero attached hydrogens (tertiary/aromatic N) is 2. The van der Waals surface area contributed by atoms with E-state index in [4.69, 9.17) is 9.97 Å². The monoisotopic (exact) mass is 332 g/mol. The largest absolute Gasteiger partial charge is 0.244 e. The SMILES string of the molecule is c1ccc(-c2ccc3nc4cc(-c5ccccc5)ccc4nc3c2)cc1. The van der Waals surface area contributed by atoms with Crippen LogP contribution in [0.4, 0.5) is 0 Å². The average Bonchev–Trinajstić information content (AvgIpc) is 2.73. The molecule has 5 rings (SSSR count). The molecule has 0 atom stereocenters. The molecule has 2 nitrogen and oxygen atoms in total. The lowest BCUT2D eigenvalue weighted by atomic mass is 10.0. The maximum absolute atomic E-state index is 4.84. The molecule has 5 aromatic rings. The number of hydrogen-bond acceptors (Lipinski definition) is 2. The molecule has 0 spiro atoms. The van der Waals surface area contributed by atoms with E-state index in [1.807, 2.05) is 12.1 Å². The van der Waals surface area contributed by atoms with E-state index in [1.54, 1.807) is 0 Å². The summed E-state index contributed by atoms with van der Waals surface area (Å²) in [4.78, 5) is 9.67. The van der Waals surface area contributed by atoms with Gasteiger partial charge in [0.15, 0.2) is 0 Å². The van der Waals surface area contributed by atoms with Crippen molar-refractivity contribution in [3.05, 3.63) is 97.1 Å². The van der Waals surface area contributed by atoms with E-state index < -0.39 is 0 Å². The van der Waals surface area contributed by atoms with Crippen molar-refractivity contribution in [3.63, 3.8) is 0 Å². The number of aromatic nitrogens is 2. The first-order valence-corrected chi connectivity index (χ1v) is 8.69. The summed E-state index contributed by atoms with van der Waals surface area (Å²) in [6.45, 7) is 0. The van der Waals surface area contributed by atoms with Gasteiger partial charge < -0.3 is 0 Å². The molecular formula is C24H16N2. The molecule has 26 heavy (non-hydrogen) atoms. The Bertz CT molecular complexity index is 1110. The fourth-order valence-electron chi connectivity index (χ4n) is 3.29. The Kier molecular flexibility index (Phi) is 3.46. The third-order valence-electron chi connectivity index (χ3n) is 4.65. The Hall–Kier alpha value is -3.52. The minimum atomic E-state index is 0.919. The third kappa shape index (κ3) is 2.62. The Balaban J connectivity index is 1.65. The van der Waals surface area contributed by atoms with Crippen LogP contribution in [-0.4, -0.2) is 9.97 Å². The third-order valence-corrected chi connectivity index (χ3v) is 4.65. The first-order valence-electron chi connectivity index (χ1n) is 8.69. The molecule has 0 aliphatic rings. The summed E-state index contributed by atoms with van der Waals surface area (Å²) in [7, 11) is 0. The highest BCUT2D eigenvalue weighted by molar-refractivity contribution is 5.90. The molecule has 0 radical (unpaired) electrons. The maximum Gasteiger partial charge on any atom is 0.0900 e. The van der Waals surface area contributed by atoms with Crippen LogP contribution in [-0.2, 0) is 0 Å². The molecular weight excluding hydrogens is 316 g/mol. The van der Waals surface area contributed by atoms with Gasteiger partial charge in [-0.25, -0.2) is 9.97 Å². The highest BCUT2D eigenvalue weighted by atomic mass is 14.8. The summed E-state index contributed by atoms with van der Waals surface area (Å²) in [6, 6.07) is 33.3. The summed E-state index contributed by atoms with van der Waals surface area (Å²) in [5, 5.41) is 0. The van der Waals surface area contributed by atoms with E-state index in [0.29, 0.717) is 0 Å². The second-order valence-corrected chi connectivity index (χ2v) is 6.36. The van der Waals surface area contributed by atoms with E-state index >= 15 is 0 Å². The molecule has 0 fully saturated rings. The van der Waals surface area contributed by atoms with Crippen molar-refractivity contribution in [1.82, 2.24) is 9.97 Å². The minimum absolute atomic E-state index is 0.919. The van der Waals surface area contributed by atoms with Gasteiger partial charge in [-0.05, 0) is 46.5 Å². The zero-order valence-corrected chi connectivity index (χ0v) is 14.1. The first-order chi connectivity index (χ1) is 12.9. The van der Waals surface area contributed by atoms with Crippen LogP contribution in [0.5, 0.6) is 0 Å². The van der Waals surface area contributed by atoms with E-state index in [9.17, 15) is 0 Å². The van der Waals surface area contributed by atoms with E-state index in [2.05, 4.69) is 84.9 Å². The molecule has 2 heteroatoms. The molecule has 4 aromatic carbocycles. The molecule has 0 aliphatic heterocycles. The predicted molar refractivity (Wildman–Crippen MR) is 108 cm³/mol. The second-order valence-electron chi connectivity index (χ2n) is 6.36. The van der Waals surface area contributed by atoms with Crippen molar-refractivity contribution in [3.8, 4) is 22.3 Å². The van der Waals surface area contributed by atoms with Crippen LogP contribution < -0.4 is 0 Å². The van der Waals surface area contributed by atoms with Crippen LogP contribution in [0.1, 0.15) is 0 Å². The fraction of sp³-hybridized carbons (Fsp3) is 0. The lowest BCUT2D eigenvalue weighted by molar-refractivity contribution is 1.39. The standard InChI is InChI=1S/C24H16N2/c1-3-7-17(8-4-1)19-11-13-21-23(15-19)25-22-14-12-20(16-24(22)26-21)18-9-5-2-6-10-18/h1-16H. The maximum atomic E-state index is 4.84. The number of benzene rings is 4. The molecule has 0 N–H and O–H groups in total. The Morgan fingerprint density at radius 2 is 0.769 bits per heavy atom. The summed E-state index contributed by atoms with van der Waals surface area (Å²) in [6.07, 6.45) is 0. The summed E-state index contributed by atoms with van der Waals surface area (Å²) in [5.41, 5.74) is 8.38. The van der Waals surface area contributed by atoms with Crippen molar-refractivity contribution in [1.29, 1.82) is 0 Å². The predicted octanol–water partition coefficient (Wildman–Crippen LogP) is 6.12. The lowest BCUT2D eigenvalue weighted by Gasteiger charge is -2.07. The van der Waals surface area contributed by atoms with Crippen LogP contribution in [0.3, 0.4) is 0 Å². The number of hydrogen-bond donors (Lipinski definition) is 0. The van der Waals surface area contributed by atoms with Gasteiger partial charge >= 0.3 is 0 Å². The van der Waals surface area contributed by atoms with Crippen LogP contribution >= 0.6 is 0 Å². The zero-order valence-electron chi connectivity index (χ0n) is 14.1. The van der Waals surface area contributed by atoms with Gasteiger partial charge in [-0.1, -0.05) is 72.8 Å². The van der Waals surface area contributed by atoms with Gasteiger partial charge in [0.2, 0.25) is 0 Å². The molecule has 0 unspecified atom stereocenters. The molecule has 0 aliphatic carbocycles. The Labute approximate surface area is 151 Å². The summed E-state index contributed by atoms with van der Waals surface area (Å²) >= 11 is 0. The van der Waals surface area contributed by atoms with E-state index in [-0.39, 0.29) is 0 Å². The van der Waals surface area contributed by atoms with Crippen molar-refractivity contribution in [2.75, 3.05) is 0 Å². The molecule has 0 bridgehead atoms. The van der Waals surface area contributed by atoms with Gasteiger partial charge in [0.05, 0.1) is 22.1 Å². The van der Waals surface area contributed by atoms with Gasteiger partial charge in [-0.3, -0.25) is 0 Å². The van der Waals surface area contributed by atoms with Gasteiger partial charge in [0.25, 0.3) is 0 Å². The molecule has 1 aromatic heterocycles. The van der Waals surface area contributed by atoms with Gasteiger partial charge in [-0.2, -0.15) is 0 Å². The molecule has 0 saturated carbocycles. The molecule has 0 saturated heterocycles. The number of rotatable bonds is 2. The average molecular weight is 332 g/mol. The van der Waals surface area contributed by atoms with Gasteiger partial charge in [0, 0.05) is 0 Å². The second kappa shape index (κ2) is 6.08. The lowest BCUT2D eigenvalue weighted by Crippen LogP contribution is -1.89. The smallest absolute Gasteiger partial charge is 0.0900 e. The fourth-order valence-corrected chi connectivity index (χ4v) is 3.29. The van der Waals surface area contributed by atoms with Crippen molar-refractivity contribution < 1.29 is 0 Å². The zero-order chi connectivity index (χ0) is 17.3. The van der Waals surface area contributed by atoms with Gasteiger partial charge in [0.1, 0.15) is 0 Å². The van der Waals surface area contributed by atoms with Crippen molar-refractivity contribution >= 4 is 22.1 Å². The first kappa shape index (κ1) is 14.8. The topological polar surface area (TPSA) is 25.8 Å². The van der Waals surface area contributed by atoms with Crippen LogP contribution in [0.15, 0.2) is 97.1 Å². The summed E-state index contributed by atoms with van der Waals surface area (Å²) in [5.74, 6) is 0. The minimum Gasteiger partial charge on any atom is -0.244 e. The van der Waals surface area contributed by atoms with Gasteiger partial charge in [-0.15, -0.1) is 0 Å². The highest BCUT2D eigenvalue weighted by Crippen LogP contribution is 2.26. The van der Waals surface area contributed by atoms with Crippen LogP contribution in [0.2, 0.25) is 0 Å². The molecule has 122 valence electrons. The van der Waals surface area contributed by atoms with Crippen molar-refractivity contribution in [2.24, 2.45) is 0 Å². The quantitative estimate of drug-likeness (QED) is 0.364. The van der Waals surface area contributed by atoms with Crippen molar-refractivity contribution in [2.45, 2.75) is 0 Å². The summed E-state index contributed by atoms with van der Waals surface area (Å²) < 4.78 is 0. The Morgan fingerprint density at radius 3 is 1.19 bits per heavy atom. The Morgan fingerprint density at radius 1 is 0.346 bits per heavy atom. The van der Waals surface area contributed by atoms with E-state index in [1.165, 1.54) is 11.1 Å². The number of fused-ring (bicyclic) bond motifs is 2.